The Bertz CT molecular complexity index is 494. The predicted octanol–water partition coefficient (Wildman–Crippen LogP) is 2.93. The molecule has 2 rings (SSSR count). The molecule has 0 saturated carbocycles. The second-order valence-corrected chi connectivity index (χ2v) is 5.28. The van der Waals surface area contributed by atoms with Gasteiger partial charge in [-0.1, -0.05) is 20.8 Å². The molecule has 0 aliphatic rings. The highest BCUT2D eigenvalue weighted by Gasteiger charge is 2.14. The maximum absolute atomic E-state index is 5.29. The van der Waals surface area contributed by atoms with Gasteiger partial charge < -0.3 is 9.14 Å². The van der Waals surface area contributed by atoms with Gasteiger partial charge in [0.25, 0.3) is 0 Å². The van der Waals surface area contributed by atoms with E-state index in [0.29, 0.717) is 0 Å². The molecule has 0 aliphatic heterocycles. The summed E-state index contributed by atoms with van der Waals surface area (Å²) < 4.78 is 7.30. The molecule has 0 fully saturated rings. The van der Waals surface area contributed by atoms with Gasteiger partial charge in [0.15, 0.2) is 11.4 Å². The molecule has 3 nitrogen and oxygen atoms in total. The lowest BCUT2D eigenvalue weighted by Gasteiger charge is -2.15. The summed E-state index contributed by atoms with van der Waals surface area (Å²) in [7, 11) is 1.67. The SMILES string of the molecule is COc1cccn2cc(CC(C)(C)C)nc12. The van der Waals surface area contributed by atoms with E-state index in [9.17, 15) is 0 Å². The van der Waals surface area contributed by atoms with Crippen molar-refractivity contribution in [3.05, 3.63) is 30.2 Å². The molecule has 2 heterocycles. The van der Waals surface area contributed by atoms with Gasteiger partial charge in [-0.05, 0) is 24.0 Å². The number of imidazole rings is 1. The lowest BCUT2D eigenvalue weighted by atomic mass is 9.91. The second kappa shape index (κ2) is 3.81. The monoisotopic (exact) mass is 218 g/mol. The Morgan fingerprint density at radius 2 is 2.12 bits per heavy atom. The standard InChI is InChI=1S/C13H18N2O/c1-13(2,3)8-10-9-15-7-5-6-11(16-4)12(15)14-10/h5-7,9H,8H2,1-4H3. The first-order valence-electron chi connectivity index (χ1n) is 5.50. The number of hydrogen-bond donors (Lipinski definition) is 0. The van der Waals surface area contributed by atoms with Crippen molar-refractivity contribution in [1.29, 1.82) is 0 Å². The van der Waals surface area contributed by atoms with Crippen LogP contribution in [0.5, 0.6) is 5.75 Å². The molecule has 0 N–H and O–H groups in total. The van der Waals surface area contributed by atoms with Gasteiger partial charge in [0.05, 0.1) is 12.8 Å². The number of rotatable bonds is 2. The third-order valence-electron chi connectivity index (χ3n) is 2.43. The number of methoxy groups -OCH3 is 1. The summed E-state index contributed by atoms with van der Waals surface area (Å²) in [6, 6.07) is 3.90. The van der Waals surface area contributed by atoms with E-state index >= 15 is 0 Å². The van der Waals surface area contributed by atoms with E-state index in [0.717, 1.165) is 23.5 Å². The van der Waals surface area contributed by atoms with Crippen LogP contribution in [-0.4, -0.2) is 16.5 Å². The van der Waals surface area contributed by atoms with Crippen molar-refractivity contribution in [2.45, 2.75) is 27.2 Å². The van der Waals surface area contributed by atoms with E-state index < -0.39 is 0 Å². The highest BCUT2D eigenvalue weighted by molar-refractivity contribution is 5.54. The van der Waals surface area contributed by atoms with Gasteiger partial charge in [-0.2, -0.15) is 0 Å². The summed E-state index contributed by atoms with van der Waals surface area (Å²) in [6.45, 7) is 6.65. The van der Waals surface area contributed by atoms with Crippen LogP contribution in [-0.2, 0) is 6.42 Å². The van der Waals surface area contributed by atoms with Crippen molar-refractivity contribution in [2.75, 3.05) is 7.11 Å². The summed E-state index contributed by atoms with van der Waals surface area (Å²) >= 11 is 0. The lowest BCUT2D eigenvalue weighted by molar-refractivity contribution is 0.406. The zero-order valence-corrected chi connectivity index (χ0v) is 10.3. The van der Waals surface area contributed by atoms with Crippen LogP contribution in [0, 0.1) is 5.41 Å². The number of aromatic nitrogens is 2. The summed E-state index contributed by atoms with van der Waals surface area (Å²) in [6.07, 6.45) is 5.04. The molecule has 0 bridgehead atoms. The maximum Gasteiger partial charge on any atom is 0.179 e. The predicted molar refractivity (Wildman–Crippen MR) is 64.9 cm³/mol. The Hall–Kier alpha value is -1.51. The molecule has 0 aliphatic carbocycles. The van der Waals surface area contributed by atoms with Crippen LogP contribution in [0.25, 0.3) is 5.65 Å². The van der Waals surface area contributed by atoms with Crippen molar-refractivity contribution >= 4 is 5.65 Å². The van der Waals surface area contributed by atoms with Gasteiger partial charge in [0.2, 0.25) is 0 Å². The molecule has 16 heavy (non-hydrogen) atoms. The fraction of sp³-hybridized carbons (Fsp3) is 0.462. The van der Waals surface area contributed by atoms with Crippen LogP contribution >= 0.6 is 0 Å². The average molecular weight is 218 g/mol. The summed E-state index contributed by atoms with van der Waals surface area (Å²) in [5.41, 5.74) is 2.26. The molecule has 86 valence electrons. The van der Waals surface area contributed by atoms with Crippen molar-refractivity contribution in [2.24, 2.45) is 5.41 Å². The number of fused-ring (bicyclic) bond motifs is 1. The molecular weight excluding hydrogens is 200 g/mol. The van der Waals surface area contributed by atoms with E-state index in [1.54, 1.807) is 7.11 Å². The van der Waals surface area contributed by atoms with E-state index in [1.165, 1.54) is 0 Å². The Kier molecular flexibility index (Phi) is 2.62. The third-order valence-corrected chi connectivity index (χ3v) is 2.43. The van der Waals surface area contributed by atoms with E-state index in [2.05, 4.69) is 32.0 Å². The van der Waals surface area contributed by atoms with Gasteiger partial charge in [0, 0.05) is 12.4 Å². The number of nitrogens with zero attached hydrogens (tertiary/aromatic N) is 2. The molecule has 0 saturated heterocycles. The van der Waals surface area contributed by atoms with Crippen LogP contribution in [0.15, 0.2) is 24.5 Å². The minimum atomic E-state index is 0.255. The molecule has 0 aromatic carbocycles. The second-order valence-electron chi connectivity index (χ2n) is 5.28. The maximum atomic E-state index is 5.29. The van der Waals surface area contributed by atoms with Crippen LogP contribution in [0.2, 0.25) is 0 Å². The van der Waals surface area contributed by atoms with Gasteiger partial charge in [-0.25, -0.2) is 4.98 Å². The normalized spacial score (nSPS) is 12.0. The third kappa shape index (κ3) is 2.18. The Balaban J connectivity index is 2.44. The summed E-state index contributed by atoms with van der Waals surface area (Å²) in [5, 5.41) is 0. The topological polar surface area (TPSA) is 26.5 Å². The zero-order valence-electron chi connectivity index (χ0n) is 10.3. The molecule has 2 aromatic heterocycles. The fourth-order valence-electron chi connectivity index (χ4n) is 1.83. The van der Waals surface area contributed by atoms with E-state index in [1.807, 2.05) is 22.7 Å². The van der Waals surface area contributed by atoms with E-state index in [4.69, 9.17) is 4.74 Å². The van der Waals surface area contributed by atoms with Crippen molar-refractivity contribution in [1.82, 2.24) is 9.38 Å². The van der Waals surface area contributed by atoms with Crippen molar-refractivity contribution < 1.29 is 4.74 Å². The van der Waals surface area contributed by atoms with Crippen molar-refractivity contribution in [3.8, 4) is 5.75 Å². The fourth-order valence-corrected chi connectivity index (χ4v) is 1.83. The highest BCUT2D eigenvalue weighted by atomic mass is 16.5. The number of hydrogen-bond acceptors (Lipinski definition) is 2. The first kappa shape index (κ1) is 11.0. The van der Waals surface area contributed by atoms with Crippen LogP contribution in [0.3, 0.4) is 0 Å². The van der Waals surface area contributed by atoms with Crippen LogP contribution < -0.4 is 4.74 Å². The molecule has 0 spiro atoms. The number of ether oxygens (including phenoxy) is 1. The van der Waals surface area contributed by atoms with Gasteiger partial charge in [-0.3, -0.25) is 0 Å². The first-order valence-corrected chi connectivity index (χ1v) is 5.50. The molecular formula is C13H18N2O. The quantitative estimate of drug-likeness (QED) is 0.774. The smallest absolute Gasteiger partial charge is 0.179 e. The Morgan fingerprint density at radius 1 is 1.38 bits per heavy atom. The molecule has 0 radical (unpaired) electrons. The van der Waals surface area contributed by atoms with E-state index in [-0.39, 0.29) is 5.41 Å². The van der Waals surface area contributed by atoms with Gasteiger partial charge in [0.1, 0.15) is 0 Å². The lowest BCUT2D eigenvalue weighted by Crippen LogP contribution is -2.09. The highest BCUT2D eigenvalue weighted by Crippen LogP contribution is 2.23. The molecule has 2 aromatic rings. The molecule has 3 heteroatoms. The number of pyridine rings is 1. The molecule has 0 amide bonds. The largest absolute Gasteiger partial charge is 0.493 e. The Labute approximate surface area is 96.1 Å². The average Bonchev–Trinajstić information content (AvgIpc) is 2.56. The first-order chi connectivity index (χ1) is 7.49. The molecule has 0 unspecified atom stereocenters. The molecule has 0 atom stereocenters. The van der Waals surface area contributed by atoms with Crippen LogP contribution in [0.1, 0.15) is 26.5 Å². The van der Waals surface area contributed by atoms with Crippen LogP contribution in [0.4, 0.5) is 0 Å². The summed E-state index contributed by atoms with van der Waals surface area (Å²) in [4.78, 5) is 4.61. The minimum Gasteiger partial charge on any atom is -0.493 e. The summed E-state index contributed by atoms with van der Waals surface area (Å²) in [5.74, 6) is 0.822. The van der Waals surface area contributed by atoms with Crippen molar-refractivity contribution in [3.63, 3.8) is 0 Å². The Morgan fingerprint density at radius 3 is 2.75 bits per heavy atom. The van der Waals surface area contributed by atoms with Gasteiger partial charge >= 0.3 is 0 Å². The van der Waals surface area contributed by atoms with Gasteiger partial charge in [-0.15, -0.1) is 0 Å². The zero-order chi connectivity index (χ0) is 11.8. The minimum absolute atomic E-state index is 0.255.